The van der Waals surface area contributed by atoms with Gasteiger partial charge in [0.2, 0.25) is 0 Å². The zero-order chi connectivity index (χ0) is 14.9. The summed E-state index contributed by atoms with van der Waals surface area (Å²) in [7, 11) is 0. The van der Waals surface area contributed by atoms with E-state index < -0.39 is 30.3 Å². The van der Waals surface area contributed by atoms with E-state index in [1.165, 1.54) is 13.0 Å². The van der Waals surface area contributed by atoms with Crippen LogP contribution in [0.1, 0.15) is 5.56 Å². The molecule has 1 N–H and O–H groups in total. The smallest absolute Gasteiger partial charge is 0.365 e. The standard InChI is InChI=1S/C13H15F5N2/c1-8-2-3-10(14)12(11(8)15)20-5-4-19-6-9(7-20)13(16,17)18/h2-3,9,19H,4-7H2,1H3. The summed E-state index contributed by atoms with van der Waals surface area (Å²) in [4.78, 5) is 1.13. The van der Waals surface area contributed by atoms with Crippen molar-refractivity contribution >= 4 is 5.69 Å². The molecule has 1 heterocycles. The van der Waals surface area contributed by atoms with E-state index in [1.807, 2.05) is 0 Å². The van der Waals surface area contributed by atoms with E-state index in [9.17, 15) is 22.0 Å². The maximum atomic E-state index is 14.0. The number of rotatable bonds is 1. The molecule has 1 unspecified atom stereocenters. The summed E-state index contributed by atoms with van der Waals surface area (Å²) in [6, 6.07) is 2.35. The fourth-order valence-corrected chi connectivity index (χ4v) is 2.27. The second kappa shape index (κ2) is 5.55. The topological polar surface area (TPSA) is 15.3 Å². The lowest BCUT2D eigenvalue weighted by atomic mass is 10.1. The van der Waals surface area contributed by atoms with Gasteiger partial charge in [0.05, 0.1) is 5.92 Å². The molecule has 1 aromatic rings. The van der Waals surface area contributed by atoms with Gasteiger partial charge < -0.3 is 10.2 Å². The molecular formula is C13H15F5N2. The van der Waals surface area contributed by atoms with Crippen molar-refractivity contribution in [3.05, 3.63) is 29.3 Å². The average Bonchev–Trinajstić information content (AvgIpc) is 2.60. The molecule has 1 fully saturated rings. The van der Waals surface area contributed by atoms with Crippen molar-refractivity contribution in [3.63, 3.8) is 0 Å². The predicted molar refractivity (Wildman–Crippen MR) is 65.7 cm³/mol. The Hall–Kier alpha value is -1.37. The largest absolute Gasteiger partial charge is 0.394 e. The number of nitrogens with zero attached hydrogens (tertiary/aromatic N) is 1. The summed E-state index contributed by atoms with van der Waals surface area (Å²) >= 11 is 0. The maximum absolute atomic E-state index is 14.0. The molecule has 7 heteroatoms. The van der Waals surface area contributed by atoms with Crippen molar-refractivity contribution in [2.75, 3.05) is 31.1 Å². The van der Waals surface area contributed by atoms with Crippen LogP contribution in [0.25, 0.3) is 0 Å². The zero-order valence-corrected chi connectivity index (χ0v) is 10.9. The molecule has 0 saturated carbocycles. The van der Waals surface area contributed by atoms with Crippen LogP contribution in [0.2, 0.25) is 0 Å². The van der Waals surface area contributed by atoms with E-state index in [0.29, 0.717) is 0 Å². The number of nitrogens with one attached hydrogen (secondary N) is 1. The molecule has 1 aliphatic rings. The molecule has 0 bridgehead atoms. The molecule has 2 rings (SSSR count). The fraction of sp³-hybridized carbons (Fsp3) is 0.538. The van der Waals surface area contributed by atoms with E-state index in [4.69, 9.17) is 0 Å². The van der Waals surface area contributed by atoms with Crippen LogP contribution in [-0.2, 0) is 0 Å². The SMILES string of the molecule is Cc1ccc(F)c(N2CCNCC(C(F)(F)F)C2)c1F. The quantitative estimate of drug-likeness (QED) is 0.801. The Bertz CT molecular complexity index is 486. The minimum atomic E-state index is -4.40. The number of hydrogen-bond donors (Lipinski definition) is 1. The normalized spacial score (nSPS) is 20.9. The minimum Gasteiger partial charge on any atom is -0.365 e. The molecule has 1 atom stereocenters. The Morgan fingerprint density at radius 1 is 1.25 bits per heavy atom. The first-order valence-electron chi connectivity index (χ1n) is 6.27. The molecule has 1 aliphatic heterocycles. The van der Waals surface area contributed by atoms with Gasteiger partial charge >= 0.3 is 6.18 Å². The molecule has 0 radical (unpaired) electrons. The number of alkyl halides is 3. The van der Waals surface area contributed by atoms with Crippen LogP contribution in [0.4, 0.5) is 27.6 Å². The van der Waals surface area contributed by atoms with Crippen LogP contribution >= 0.6 is 0 Å². The summed E-state index contributed by atoms with van der Waals surface area (Å²) in [5, 5.41) is 2.65. The van der Waals surface area contributed by atoms with Gasteiger partial charge in [-0.3, -0.25) is 0 Å². The first-order valence-corrected chi connectivity index (χ1v) is 6.27. The minimum absolute atomic E-state index is 0.129. The molecule has 20 heavy (non-hydrogen) atoms. The summed E-state index contributed by atoms with van der Waals surface area (Å²) in [5.74, 6) is -3.28. The van der Waals surface area contributed by atoms with Crippen molar-refractivity contribution in [1.29, 1.82) is 0 Å². The van der Waals surface area contributed by atoms with Crippen LogP contribution < -0.4 is 10.2 Å². The monoisotopic (exact) mass is 294 g/mol. The van der Waals surface area contributed by atoms with Crippen LogP contribution in [0, 0.1) is 24.5 Å². The molecule has 112 valence electrons. The van der Waals surface area contributed by atoms with Gasteiger partial charge in [-0.25, -0.2) is 8.78 Å². The summed E-state index contributed by atoms with van der Waals surface area (Å²) in [6.07, 6.45) is -4.40. The first-order chi connectivity index (χ1) is 9.30. The van der Waals surface area contributed by atoms with E-state index >= 15 is 0 Å². The number of anilines is 1. The predicted octanol–water partition coefficient (Wildman–Crippen LogP) is 2.86. The van der Waals surface area contributed by atoms with Crippen molar-refractivity contribution in [1.82, 2.24) is 5.32 Å². The molecule has 0 aromatic heterocycles. The molecule has 0 aliphatic carbocycles. The fourth-order valence-electron chi connectivity index (χ4n) is 2.27. The number of benzene rings is 1. The third-order valence-corrected chi connectivity index (χ3v) is 3.43. The Morgan fingerprint density at radius 2 is 1.95 bits per heavy atom. The lowest BCUT2D eigenvalue weighted by Gasteiger charge is -2.28. The second-order valence-electron chi connectivity index (χ2n) is 4.92. The van der Waals surface area contributed by atoms with E-state index in [1.54, 1.807) is 0 Å². The Labute approximate surface area is 113 Å². The van der Waals surface area contributed by atoms with Crippen molar-refractivity contribution in [2.45, 2.75) is 13.1 Å². The summed E-state index contributed by atoms with van der Waals surface area (Å²) < 4.78 is 66.3. The van der Waals surface area contributed by atoms with Crippen LogP contribution in [0.15, 0.2) is 12.1 Å². The molecule has 1 aromatic carbocycles. The highest BCUT2D eigenvalue weighted by atomic mass is 19.4. The van der Waals surface area contributed by atoms with Gasteiger partial charge in [-0.05, 0) is 18.6 Å². The Balaban J connectivity index is 2.34. The lowest BCUT2D eigenvalue weighted by molar-refractivity contribution is -0.169. The van der Waals surface area contributed by atoms with Gasteiger partial charge in [-0.1, -0.05) is 6.07 Å². The van der Waals surface area contributed by atoms with Crippen LogP contribution in [0.3, 0.4) is 0 Å². The number of halogens is 5. The van der Waals surface area contributed by atoms with Gasteiger partial charge in [0, 0.05) is 26.2 Å². The molecule has 0 amide bonds. The molecule has 1 saturated heterocycles. The van der Waals surface area contributed by atoms with Crippen LogP contribution in [-0.4, -0.2) is 32.4 Å². The average molecular weight is 294 g/mol. The number of aryl methyl sites for hydroxylation is 1. The Kier molecular flexibility index (Phi) is 4.17. The number of hydrogen-bond acceptors (Lipinski definition) is 2. The van der Waals surface area contributed by atoms with Crippen LogP contribution in [0.5, 0.6) is 0 Å². The third kappa shape index (κ3) is 3.03. The second-order valence-corrected chi connectivity index (χ2v) is 4.92. The van der Waals surface area contributed by atoms with E-state index in [2.05, 4.69) is 5.32 Å². The van der Waals surface area contributed by atoms with Crippen molar-refractivity contribution < 1.29 is 22.0 Å². The Morgan fingerprint density at radius 3 is 2.60 bits per heavy atom. The summed E-state index contributed by atoms with van der Waals surface area (Å²) in [6.45, 7) is 1.14. The van der Waals surface area contributed by atoms with E-state index in [-0.39, 0.29) is 30.9 Å². The maximum Gasteiger partial charge on any atom is 0.394 e. The van der Waals surface area contributed by atoms with Crippen molar-refractivity contribution in [3.8, 4) is 0 Å². The van der Waals surface area contributed by atoms with Gasteiger partial charge in [-0.2, -0.15) is 13.2 Å². The highest BCUT2D eigenvalue weighted by molar-refractivity contribution is 5.52. The first kappa shape index (κ1) is 15.0. The van der Waals surface area contributed by atoms with Gasteiger partial charge in [0.1, 0.15) is 11.5 Å². The van der Waals surface area contributed by atoms with Gasteiger partial charge in [-0.15, -0.1) is 0 Å². The highest BCUT2D eigenvalue weighted by Crippen LogP contribution is 2.32. The van der Waals surface area contributed by atoms with Gasteiger partial charge in [0.15, 0.2) is 5.82 Å². The van der Waals surface area contributed by atoms with Gasteiger partial charge in [0.25, 0.3) is 0 Å². The molecular weight excluding hydrogens is 279 g/mol. The summed E-state index contributed by atoms with van der Waals surface area (Å²) in [5.41, 5.74) is -0.162. The highest BCUT2D eigenvalue weighted by Gasteiger charge is 2.41. The zero-order valence-electron chi connectivity index (χ0n) is 10.9. The molecule has 0 spiro atoms. The van der Waals surface area contributed by atoms with E-state index in [0.717, 1.165) is 11.0 Å². The third-order valence-electron chi connectivity index (χ3n) is 3.43. The lowest BCUT2D eigenvalue weighted by Crippen LogP contribution is -2.38. The molecule has 2 nitrogen and oxygen atoms in total. The van der Waals surface area contributed by atoms with Crippen molar-refractivity contribution in [2.24, 2.45) is 5.92 Å².